The Morgan fingerprint density at radius 2 is 0.810 bits per heavy atom. The van der Waals surface area contributed by atoms with Crippen LogP contribution in [0.1, 0.15) is 27.7 Å². The van der Waals surface area contributed by atoms with Crippen molar-refractivity contribution in [3.05, 3.63) is 0 Å². The van der Waals surface area contributed by atoms with Gasteiger partial charge in [-0.05, 0) is 27.7 Å². The van der Waals surface area contributed by atoms with E-state index < -0.39 is 41.9 Å². The first-order valence-corrected chi connectivity index (χ1v) is 8.08. The second-order valence-corrected chi connectivity index (χ2v) is 9.83. The Labute approximate surface area is 117 Å². The first-order valence-electron chi connectivity index (χ1n) is 5.12. The molecular weight excluding hydrogens is 352 g/mol. The number of alkyl halides is 6. The largest absolute Gasteiger partial charge is 0.409 e. The van der Waals surface area contributed by atoms with E-state index in [1.165, 1.54) is 0 Å². The van der Waals surface area contributed by atoms with Crippen LogP contribution in [0.5, 0.6) is 0 Å². The summed E-state index contributed by atoms with van der Waals surface area (Å²) in [4.78, 5) is 0. The number of hydrogen-bond acceptors (Lipinski definition) is 4. The quantitative estimate of drug-likeness (QED) is 0.772. The van der Waals surface area contributed by atoms with Crippen molar-refractivity contribution in [2.24, 2.45) is 0 Å². The van der Waals surface area contributed by atoms with Gasteiger partial charge in [0.1, 0.15) is 0 Å². The average Bonchev–Trinajstić information content (AvgIpc) is 2.11. The standard InChI is InChI=1S/C8H13F6NO4S2/c1-5(2,7(9,10)11)20(16,17)15-21(18,19)6(3,4)8(12,13)14/h15H,1-4H3. The molecule has 0 spiro atoms. The van der Waals surface area contributed by atoms with Crippen LogP contribution in [0.25, 0.3) is 0 Å². The smallest absolute Gasteiger partial charge is 0.211 e. The van der Waals surface area contributed by atoms with Crippen LogP contribution in [0.3, 0.4) is 0 Å². The molecule has 0 saturated carbocycles. The summed E-state index contributed by atoms with van der Waals surface area (Å²) in [6.45, 7) is 0.522. The molecule has 128 valence electrons. The number of hydrogen-bond donors (Lipinski definition) is 1. The molecule has 21 heavy (non-hydrogen) atoms. The molecule has 0 aromatic heterocycles. The highest BCUT2D eigenvalue weighted by Crippen LogP contribution is 2.39. The molecule has 0 unspecified atom stereocenters. The van der Waals surface area contributed by atoms with E-state index in [1.807, 2.05) is 0 Å². The summed E-state index contributed by atoms with van der Waals surface area (Å²) in [5.74, 6) is 0. The highest BCUT2D eigenvalue weighted by molar-refractivity contribution is 8.06. The molecule has 1 N–H and O–H groups in total. The highest BCUT2D eigenvalue weighted by Gasteiger charge is 2.62. The second-order valence-electron chi connectivity index (χ2n) is 5.11. The predicted octanol–water partition coefficient (Wildman–Crippen LogP) is 1.92. The highest BCUT2D eigenvalue weighted by atomic mass is 32.3. The predicted molar refractivity (Wildman–Crippen MR) is 61.2 cm³/mol. The lowest BCUT2D eigenvalue weighted by atomic mass is 10.2. The zero-order chi connectivity index (χ0) is 17.7. The Bertz CT molecular complexity index is 546. The van der Waals surface area contributed by atoms with E-state index in [-0.39, 0.29) is 27.7 Å². The minimum Gasteiger partial charge on any atom is -0.211 e. The minimum atomic E-state index is -5.68. The fourth-order valence-corrected chi connectivity index (χ4v) is 4.09. The Kier molecular flexibility index (Phi) is 4.85. The molecule has 0 bridgehead atoms. The molecule has 0 atom stereocenters. The summed E-state index contributed by atoms with van der Waals surface area (Å²) >= 11 is 0. The lowest BCUT2D eigenvalue weighted by Gasteiger charge is -2.31. The van der Waals surface area contributed by atoms with Gasteiger partial charge in [0.25, 0.3) is 0 Å². The van der Waals surface area contributed by atoms with Gasteiger partial charge >= 0.3 is 12.4 Å². The van der Waals surface area contributed by atoms with Crippen LogP contribution in [0.4, 0.5) is 26.3 Å². The molecule has 0 radical (unpaired) electrons. The minimum absolute atomic E-state index is 0.130. The van der Waals surface area contributed by atoms with Gasteiger partial charge in [-0.2, -0.15) is 26.3 Å². The Morgan fingerprint density at radius 1 is 0.619 bits per heavy atom. The van der Waals surface area contributed by atoms with Gasteiger partial charge in [-0.1, -0.05) is 0 Å². The zero-order valence-corrected chi connectivity index (χ0v) is 12.9. The van der Waals surface area contributed by atoms with Gasteiger partial charge in [0, 0.05) is 0 Å². The van der Waals surface area contributed by atoms with Crippen LogP contribution in [0.2, 0.25) is 0 Å². The van der Waals surface area contributed by atoms with Crippen molar-refractivity contribution < 1.29 is 43.2 Å². The summed E-state index contributed by atoms with van der Waals surface area (Å²) in [6, 6.07) is 0. The molecule has 0 amide bonds. The van der Waals surface area contributed by atoms with E-state index in [0.29, 0.717) is 4.13 Å². The molecule has 0 rings (SSSR count). The zero-order valence-electron chi connectivity index (χ0n) is 11.2. The molecule has 5 nitrogen and oxygen atoms in total. The number of rotatable bonds is 4. The van der Waals surface area contributed by atoms with Crippen LogP contribution in [-0.4, -0.2) is 38.7 Å². The van der Waals surface area contributed by atoms with Crippen molar-refractivity contribution in [3.8, 4) is 0 Å². The van der Waals surface area contributed by atoms with E-state index in [4.69, 9.17) is 0 Å². The van der Waals surface area contributed by atoms with Crippen molar-refractivity contribution in [3.63, 3.8) is 0 Å². The second kappa shape index (κ2) is 4.98. The lowest BCUT2D eigenvalue weighted by Crippen LogP contribution is -2.59. The summed E-state index contributed by atoms with van der Waals surface area (Å²) in [5.41, 5.74) is 0. The summed E-state index contributed by atoms with van der Waals surface area (Å²) in [6.07, 6.45) is -10.8. The maximum Gasteiger partial charge on any atom is 0.409 e. The first-order chi connectivity index (χ1) is 8.71. The van der Waals surface area contributed by atoms with Gasteiger partial charge in [0.2, 0.25) is 20.0 Å². The van der Waals surface area contributed by atoms with E-state index in [2.05, 4.69) is 0 Å². The molecule has 0 aromatic carbocycles. The molecule has 0 heterocycles. The van der Waals surface area contributed by atoms with Gasteiger partial charge in [0.15, 0.2) is 9.49 Å². The molecule has 0 aromatic rings. The van der Waals surface area contributed by atoms with Crippen molar-refractivity contribution in [1.82, 2.24) is 4.13 Å². The molecule has 0 saturated heterocycles. The van der Waals surface area contributed by atoms with Crippen molar-refractivity contribution in [2.75, 3.05) is 0 Å². The average molecular weight is 365 g/mol. The number of halogens is 6. The summed E-state index contributed by atoms with van der Waals surface area (Å²) in [5, 5.41) is 0. The number of sulfonamides is 2. The molecule has 0 aliphatic rings. The van der Waals surface area contributed by atoms with Crippen molar-refractivity contribution in [2.45, 2.75) is 49.5 Å². The van der Waals surface area contributed by atoms with Crippen LogP contribution >= 0.6 is 0 Å². The van der Waals surface area contributed by atoms with Gasteiger partial charge in [-0.15, -0.1) is 4.13 Å². The first kappa shape index (κ1) is 20.4. The topological polar surface area (TPSA) is 80.3 Å². The van der Waals surface area contributed by atoms with E-state index in [0.717, 1.165) is 0 Å². The Hall–Kier alpha value is -0.560. The summed E-state index contributed by atoms with van der Waals surface area (Å²) in [7, 11) is -11.4. The third-order valence-corrected chi connectivity index (χ3v) is 7.83. The van der Waals surface area contributed by atoms with Crippen molar-refractivity contribution in [1.29, 1.82) is 0 Å². The molecule has 13 heteroatoms. The molecule has 0 fully saturated rings. The summed E-state index contributed by atoms with van der Waals surface area (Å²) < 4.78 is 115. The Morgan fingerprint density at radius 3 is 0.952 bits per heavy atom. The number of nitrogens with one attached hydrogen (secondary N) is 1. The third kappa shape index (κ3) is 3.44. The molecule has 0 aliphatic carbocycles. The van der Waals surface area contributed by atoms with Gasteiger partial charge in [-0.25, -0.2) is 16.8 Å². The lowest BCUT2D eigenvalue weighted by molar-refractivity contribution is -0.153. The van der Waals surface area contributed by atoms with Gasteiger partial charge < -0.3 is 0 Å². The molecular formula is C8H13F6NO4S2. The molecule has 0 aliphatic heterocycles. The van der Waals surface area contributed by atoms with E-state index in [1.54, 1.807) is 0 Å². The van der Waals surface area contributed by atoms with Gasteiger partial charge in [0.05, 0.1) is 0 Å². The van der Waals surface area contributed by atoms with Crippen LogP contribution in [-0.2, 0) is 20.0 Å². The fraction of sp³-hybridized carbons (Fsp3) is 1.00. The van der Waals surface area contributed by atoms with E-state index in [9.17, 15) is 43.2 Å². The maximum absolute atomic E-state index is 12.6. The van der Waals surface area contributed by atoms with Crippen LogP contribution < -0.4 is 4.13 Å². The monoisotopic (exact) mass is 365 g/mol. The van der Waals surface area contributed by atoms with Gasteiger partial charge in [-0.3, -0.25) is 0 Å². The normalized spacial score (nSPS) is 16.1. The fourth-order valence-electron chi connectivity index (χ4n) is 0.657. The van der Waals surface area contributed by atoms with Crippen molar-refractivity contribution >= 4 is 20.0 Å². The SMILES string of the molecule is CC(C)(C(F)(F)F)S(=O)(=O)NS(=O)(=O)C(C)(C)C(F)(F)F. The third-order valence-electron chi connectivity index (χ3n) is 2.93. The van der Waals surface area contributed by atoms with E-state index >= 15 is 0 Å². The maximum atomic E-state index is 12.6. The Balaban J connectivity index is 5.91. The van der Waals surface area contributed by atoms with Crippen LogP contribution in [0.15, 0.2) is 0 Å². The van der Waals surface area contributed by atoms with Crippen LogP contribution in [0, 0.1) is 0 Å².